The Labute approximate surface area is 116 Å². The Kier molecular flexibility index (Phi) is 3.96. The van der Waals surface area contributed by atoms with E-state index in [9.17, 15) is 8.78 Å². The molecule has 0 aliphatic carbocycles. The van der Waals surface area contributed by atoms with Gasteiger partial charge in [0, 0.05) is 18.4 Å². The van der Waals surface area contributed by atoms with Crippen LogP contribution in [-0.4, -0.2) is 22.8 Å². The van der Waals surface area contributed by atoms with Gasteiger partial charge in [0.05, 0.1) is 11.7 Å². The number of halogens is 2. The second-order valence-corrected chi connectivity index (χ2v) is 5.23. The molecule has 1 unspecified atom stereocenters. The van der Waals surface area contributed by atoms with Crippen LogP contribution in [0.3, 0.4) is 0 Å². The van der Waals surface area contributed by atoms with Crippen LogP contribution in [0.4, 0.5) is 8.78 Å². The number of aromatic nitrogens is 2. The molecule has 1 aliphatic heterocycles. The molecule has 0 amide bonds. The average Bonchev–Trinajstić information content (AvgIpc) is 2.89. The van der Waals surface area contributed by atoms with Gasteiger partial charge in [0.2, 0.25) is 6.43 Å². The zero-order valence-corrected chi connectivity index (χ0v) is 11.3. The molecule has 5 heteroatoms. The van der Waals surface area contributed by atoms with Gasteiger partial charge in [0.15, 0.2) is 6.23 Å². The van der Waals surface area contributed by atoms with Crippen LogP contribution in [-0.2, 0) is 11.2 Å². The highest BCUT2D eigenvalue weighted by molar-refractivity contribution is 5.79. The van der Waals surface area contributed by atoms with E-state index in [1.54, 1.807) is 6.20 Å². The van der Waals surface area contributed by atoms with Gasteiger partial charge in [-0.15, -0.1) is 0 Å². The minimum atomic E-state index is -2.25. The second kappa shape index (κ2) is 5.87. The molecule has 0 bridgehead atoms. The van der Waals surface area contributed by atoms with E-state index in [2.05, 4.69) is 5.10 Å². The normalized spacial score (nSPS) is 19.9. The van der Waals surface area contributed by atoms with Crippen LogP contribution in [0.5, 0.6) is 0 Å². The highest BCUT2D eigenvalue weighted by atomic mass is 19.3. The third kappa shape index (κ3) is 2.82. The van der Waals surface area contributed by atoms with Crippen LogP contribution < -0.4 is 0 Å². The summed E-state index contributed by atoms with van der Waals surface area (Å²) in [4.78, 5) is 0. The van der Waals surface area contributed by atoms with Crippen molar-refractivity contribution in [3.8, 4) is 0 Å². The molecule has 1 aromatic heterocycles. The van der Waals surface area contributed by atoms with E-state index in [4.69, 9.17) is 4.74 Å². The lowest BCUT2D eigenvalue weighted by atomic mass is 10.1. The van der Waals surface area contributed by atoms with Gasteiger partial charge >= 0.3 is 0 Å². The topological polar surface area (TPSA) is 27.1 Å². The quantitative estimate of drug-likeness (QED) is 0.848. The van der Waals surface area contributed by atoms with Crippen molar-refractivity contribution in [1.82, 2.24) is 9.78 Å². The smallest absolute Gasteiger partial charge is 0.239 e. The summed E-state index contributed by atoms with van der Waals surface area (Å²) in [6.45, 7) is 0.776. The maximum atomic E-state index is 12.2. The van der Waals surface area contributed by atoms with Gasteiger partial charge in [0.1, 0.15) is 0 Å². The summed E-state index contributed by atoms with van der Waals surface area (Å²) >= 11 is 0. The Morgan fingerprint density at radius 1 is 1.35 bits per heavy atom. The summed E-state index contributed by atoms with van der Waals surface area (Å²) < 4.78 is 32.1. The molecule has 1 aliphatic rings. The first-order valence-corrected chi connectivity index (χ1v) is 7.10. The Bertz CT molecular complexity index is 576. The summed E-state index contributed by atoms with van der Waals surface area (Å²) in [5, 5.41) is 5.39. The van der Waals surface area contributed by atoms with E-state index in [1.165, 1.54) is 0 Å². The number of alkyl halides is 2. The summed E-state index contributed by atoms with van der Waals surface area (Å²) in [6.07, 6.45) is 3.09. The van der Waals surface area contributed by atoms with Crippen molar-refractivity contribution in [3.05, 3.63) is 30.0 Å². The highest BCUT2D eigenvalue weighted by Gasteiger charge is 2.18. The maximum Gasteiger partial charge on any atom is 0.239 e. The Morgan fingerprint density at radius 2 is 2.25 bits per heavy atom. The molecule has 0 saturated carbocycles. The zero-order chi connectivity index (χ0) is 13.9. The number of hydrogen-bond acceptors (Lipinski definition) is 2. The Morgan fingerprint density at radius 3 is 3.00 bits per heavy atom. The second-order valence-electron chi connectivity index (χ2n) is 5.23. The summed E-state index contributed by atoms with van der Waals surface area (Å²) in [5.74, 6) is 0. The highest BCUT2D eigenvalue weighted by Crippen LogP contribution is 2.26. The van der Waals surface area contributed by atoms with Crippen molar-refractivity contribution in [2.24, 2.45) is 0 Å². The SMILES string of the molecule is FC(F)CCc1ccc2c(cnn2C2CCCCO2)c1. The molecular formula is C15H18F2N2O. The molecule has 3 nitrogen and oxygen atoms in total. The maximum absolute atomic E-state index is 12.2. The number of fused-ring (bicyclic) bond motifs is 1. The number of ether oxygens (including phenoxy) is 1. The number of rotatable bonds is 4. The van der Waals surface area contributed by atoms with Crippen LogP contribution >= 0.6 is 0 Å². The van der Waals surface area contributed by atoms with Gasteiger partial charge in [-0.2, -0.15) is 5.10 Å². The molecule has 2 heterocycles. The zero-order valence-electron chi connectivity index (χ0n) is 11.3. The number of benzene rings is 1. The molecule has 0 spiro atoms. The van der Waals surface area contributed by atoms with E-state index < -0.39 is 6.43 Å². The van der Waals surface area contributed by atoms with E-state index in [0.29, 0.717) is 6.42 Å². The van der Waals surface area contributed by atoms with E-state index in [1.807, 2.05) is 22.9 Å². The van der Waals surface area contributed by atoms with Crippen molar-refractivity contribution in [2.75, 3.05) is 6.61 Å². The first-order chi connectivity index (χ1) is 9.74. The van der Waals surface area contributed by atoms with Crippen molar-refractivity contribution >= 4 is 10.9 Å². The van der Waals surface area contributed by atoms with Gasteiger partial charge in [-0.3, -0.25) is 0 Å². The molecular weight excluding hydrogens is 262 g/mol. The van der Waals surface area contributed by atoms with Crippen LogP contribution in [0, 0.1) is 0 Å². The third-order valence-corrected chi connectivity index (χ3v) is 3.74. The number of hydrogen-bond donors (Lipinski definition) is 0. The van der Waals surface area contributed by atoms with Gasteiger partial charge in [-0.05, 0) is 43.4 Å². The fourth-order valence-corrected chi connectivity index (χ4v) is 2.68. The largest absolute Gasteiger partial charge is 0.356 e. The molecule has 0 N–H and O–H groups in total. The average molecular weight is 280 g/mol. The van der Waals surface area contributed by atoms with E-state index >= 15 is 0 Å². The van der Waals surface area contributed by atoms with Crippen LogP contribution in [0.1, 0.15) is 37.5 Å². The van der Waals surface area contributed by atoms with Crippen molar-refractivity contribution in [3.63, 3.8) is 0 Å². The van der Waals surface area contributed by atoms with Crippen LogP contribution in [0.15, 0.2) is 24.4 Å². The van der Waals surface area contributed by atoms with Gasteiger partial charge in [-0.25, -0.2) is 13.5 Å². The first-order valence-electron chi connectivity index (χ1n) is 7.10. The minimum Gasteiger partial charge on any atom is -0.356 e. The fourth-order valence-electron chi connectivity index (χ4n) is 2.68. The van der Waals surface area contributed by atoms with Crippen molar-refractivity contribution < 1.29 is 13.5 Å². The molecule has 1 atom stereocenters. The molecule has 1 fully saturated rings. The third-order valence-electron chi connectivity index (χ3n) is 3.74. The molecule has 1 saturated heterocycles. The minimum absolute atomic E-state index is 0.00756. The lowest BCUT2D eigenvalue weighted by Gasteiger charge is -2.23. The molecule has 2 aromatic rings. The van der Waals surface area contributed by atoms with E-state index in [-0.39, 0.29) is 12.6 Å². The first kappa shape index (κ1) is 13.5. The summed E-state index contributed by atoms with van der Waals surface area (Å²) in [6, 6.07) is 5.82. The predicted octanol–water partition coefficient (Wildman–Crippen LogP) is 3.93. The molecule has 3 rings (SSSR count). The molecule has 1 aromatic carbocycles. The lowest BCUT2D eigenvalue weighted by molar-refractivity contribution is -0.0366. The van der Waals surface area contributed by atoms with Gasteiger partial charge in [0.25, 0.3) is 0 Å². The monoisotopic (exact) mass is 280 g/mol. The van der Waals surface area contributed by atoms with E-state index in [0.717, 1.165) is 42.3 Å². The van der Waals surface area contributed by atoms with Crippen LogP contribution in [0.2, 0.25) is 0 Å². The van der Waals surface area contributed by atoms with Crippen molar-refractivity contribution in [1.29, 1.82) is 0 Å². The molecule has 20 heavy (non-hydrogen) atoms. The van der Waals surface area contributed by atoms with Crippen molar-refractivity contribution in [2.45, 2.75) is 44.8 Å². The number of aryl methyl sites for hydroxylation is 1. The fraction of sp³-hybridized carbons (Fsp3) is 0.533. The molecule has 0 radical (unpaired) electrons. The lowest BCUT2D eigenvalue weighted by Crippen LogP contribution is -2.18. The summed E-state index contributed by atoms with van der Waals surface area (Å²) in [7, 11) is 0. The Hall–Kier alpha value is -1.49. The standard InChI is InChI=1S/C15H18F2N2O/c16-14(17)7-5-11-4-6-13-12(9-11)10-18-19(13)15-3-1-2-8-20-15/h4,6,9-10,14-15H,1-3,5,7-8H2. The van der Waals surface area contributed by atoms with Crippen LogP contribution in [0.25, 0.3) is 10.9 Å². The predicted molar refractivity (Wildman–Crippen MR) is 72.9 cm³/mol. The molecule has 108 valence electrons. The van der Waals surface area contributed by atoms with Gasteiger partial charge < -0.3 is 4.74 Å². The number of nitrogens with zero attached hydrogens (tertiary/aromatic N) is 2. The van der Waals surface area contributed by atoms with Gasteiger partial charge in [-0.1, -0.05) is 6.07 Å². The summed E-state index contributed by atoms with van der Waals surface area (Å²) in [5.41, 5.74) is 1.94. The Balaban J connectivity index is 1.82.